The van der Waals surface area contributed by atoms with Crippen LogP contribution in [0.1, 0.15) is 323 Å². The standard InChI is InChI=1S/C72H124O6/c1-4-7-10-13-16-19-22-25-28-30-32-34-36-38-40-42-44-47-50-53-56-59-62-65-71(74)77-68-69(67-76-70(73)64-61-58-55-52-49-46-27-24-21-18-15-12-9-6-3)78-72(75)66-63-60-57-54-51-48-45-43-41-39-37-35-33-31-29-26-23-20-17-14-11-8-5-2/h7,10,16,19,23,25-26,28,31-34,38,40,44,47,69H,4-6,8-9,11-15,17-18,20-22,24,27,29-30,35-37,39,41-43,45-46,48-68H2,1-3H3/b10-7-,19-16-,26-23-,28-25-,33-31-,34-32-,40-38-,47-44-. The van der Waals surface area contributed by atoms with Crippen LogP contribution in [0.3, 0.4) is 0 Å². The van der Waals surface area contributed by atoms with Crippen molar-refractivity contribution in [1.82, 2.24) is 0 Å². The van der Waals surface area contributed by atoms with Gasteiger partial charge < -0.3 is 14.2 Å². The lowest BCUT2D eigenvalue weighted by atomic mass is 10.0. The van der Waals surface area contributed by atoms with Crippen molar-refractivity contribution in [2.24, 2.45) is 0 Å². The summed E-state index contributed by atoms with van der Waals surface area (Å²) in [6, 6.07) is 0. The van der Waals surface area contributed by atoms with Crippen LogP contribution in [0.15, 0.2) is 97.2 Å². The molecule has 0 amide bonds. The van der Waals surface area contributed by atoms with E-state index >= 15 is 0 Å². The third-order valence-corrected chi connectivity index (χ3v) is 14.3. The quantitative estimate of drug-likeness (QED) is 0.0261. The van der Waals surface area contributed by atoms with Gasteiger partial charge in [0.25, 0.3) is 0 Å². The Kier molecular flexibility index (Phi) is 62.7. The molecule has 0 aromatic rings. The molecule has 0 radical (unpaired) electrons. The molecule has 0 aliphatic heterocycles. The van der Waals surface area contributed by atoms with Gasteiger partial charge in [-0.3, -0.25) is 14.4 Å². The number of hydrogen-bond donors (Lipinski definition) is 0. The summed E-state index contributed by atoms with van der Waals surface area (Å²) in [5.74, 6) is -0.899. The van der Waals surface area contributed by atoms with E-state index in [1.807, 2.05) is 0 Å². The van der Waals surface area contributed by atoms with Crippen LogP contribution in [0.5, 0.6) is 0 Å². The van der Waals surface area contributed by atoms with Gasteiger partial charge in [-0.15, -0.1) is 0 Å². The van der Waals surface area contributed by atoms with Gasteiger partial charge in [0.15, 0.2) is 6.10 Å². The highest BCUT2D eigenvalue weighted by molar-refractivity contribution is 5.71. The van der Waals surface area contributed by atoms with E-state index < -0.39 is 6.10 Å². The van der Waals surface area contributed by atoms with Crippen LogP contribution in [-0.2, 0) is 28.6 Å². The Balaban J connectivity index is 4.39. The maximum Gasteiger partial charge on any atom is 0.306 e. The number of unbranched alkanes of at least 4 members (excludes halogenated alkanes) is 33. The predicted octanol–water partition coefficient (Wildman–Crippen LogP) is 22.8. The maximum atomic E-state index is 12.9. The van der Waals surface area contributed by atoms with Crippen LogP contribution in [0, 0.1) is 0 Å². The molecule has 6 nitrogen and oxygen atoms in total. The highest BCUT2D eigenvalue weighted by Gasteiger charge is 2.19. The Morgan fingerprint density at radius 1 is 0.269 bits per heavy atom. The normalized spacial score (nSPS) is 12.7. The van der Waals surface area contributed by atoms with Crippen molar-refractivity contribution >= 4 is 17.9 Å². The van der Waals surface area contributed by atoms with Gasteiger partial charge in [0.1, 0.15) is 13.2 Å². The highest BCUT2D eigenvalue weighted by atomic mass is 16.6. The van der Waals surface area contributed by atoms with E-state index in [1.165, 1.54) is 167 Å². The minimum Gasteiger partial charge on any atom is -0.462 e. The lowest BCUT2D eigenvalue weighted by molar-refractivity contribution is -0.167. The fourth-order valence-electron chi connectivity index (χ4n) is 9.36. The summed E-state index contributed by atoms with van der Waals surface area (Å²) in [4.78, 5) is 38.4. The number of carbonyl (C=O) groups excluding carboxylic acids is 3. The first-order chi connectivity index (χ1) is 38.5. The molecule has 0 aromatic heterocycles. The van der Waals surface area contributed by atoms with Gasteiger partial charge in [-0.1, -0.05) is 298 Å². The summed E-state index contributed by atoms with van der Waals surface area (Å²) in [5, 5.41) is 0. The summed E-state index contributed by atoms with van der Waals surface area (Å²) in [6.45, 7) is 6.53. The first kappa shape index (κ1) is 74.3. The van der Waals surface area contributed by atoms with Gasteiger partial charge in [-0.2, -0.15) is 0 Å². The number of ether oxygens (including phenoxy) is 3. The summed E-state index contributed by atoms with van der Waals surface area (Å²) in [6.07, 6.45) is 88.4. The zero-order valence-corrected chi connectivity index (χ0v) is 51.4. The summed E-state index contributed by atoms with van der Waals surface area (Å²) < 4.78 is 16.9. The van der Waals surface area contributed by atoms with E-state index in [0.29, 0.717) is 19.3 Å². The van der Waals surface area contributed by atoms with Crippen LogP contribution in [0.25, 0.3) is 0 Å². The molecule has 0 heterocycles. The summed E-state index contributed by atoms with van der Waals surface area (Å²) in [5.41, 5.74) is 0. The lowest BCUT2D eigenvalue weighted by Crippen LogP contribution is -2.30. The van der Waals surface area contributed by atoms with Crippen molar-refractivity contribution in [3.05, 3.63) is 97.2 Å². The van der Waals surface area contributed by atoms with Gasteiger partial charge in [-0.25, -0.2) is 0 Å². The Labute approximate surface area is 483 Å². The average molecular weight is 1090 g/mol. The molecule has 0 spiro atoms. The molecule has 448 valence electrons. The topological polar surface area (TPSA) is 78.9 Å². The lowest BCUT2D eigenvalue weighted by Gasteiger charge is -2.18. The monoisotopic (exact) mass is 1080 g/mol. The van der Waals surface area contributed by atoms with E-state index in [4.69, 9.17) is 14.2 Å². The van der Waals surface area contributed by atoms with Gasteiger partial charge in [-0.05, 0) is 103 Å². The van der Waals surface area contributed by atoms with Crippen molar-refractivity contribution in [2.45, 2.75) is 329 Å². The van der Waals surface area contributed by atoms with E-state index in [2.05, 4.69) is 118 Å². The molecule has 0 saturated heterocycles. The summed E-state index contributed by atoms with van der Waals surface area (Å²) in [7, 11) is 0. The molecule has 0 aromatic carbocycles. The van der Waals surface area contributed by atoms with Gasteiger partial charge in [0.2, 0.25) is 0 Å². The summed E-state index contributed by atoms with van der Waals surface area (Å²) >= 11 is 0. The van der Waals surface area contributed by atoms with Crippen molar-refractivity contribution < 1.29 is 28.6 Å². The Bertz CT molecular complexity index is 1530. The molecule has 0 rings (SSSR count). The molecule has 1 unspecified atom stereocenters. The van der Waals surface area contributed by atoms with Crippen LogP contribution in [0.2, 0.25) is 0 Å². The van der Waals surface area contributed by atoms with Gasteiger partial charge >= 0.3 is 17.9 Å². The molecule has 0 bridgehead atoms. The molecular formula is C72H124O6. The molecular weight excluding hydrogens is 961 g/mol. The number of esters is 3. The SMILES string of the molecule is CC/C=C\C/C=C\C/C=C\C/C=C\C/C=C\C/C=C\CCCCCCC(=O)OCC(COC(=O)CCCCCCCCCCCCCCCC)OC(=O)CCCCCCCCCCCCC/C=C\C/C=C\CCCCCCC. The molecule has 6 heteroatoms. The second-order valence-electron chi connectivity index (χ2n) is 22.0. The van der Waals surface area contributed by atoms with Gasteiger partial charge in [0, 0.05) is 19.3 Å². The van der Waals surface area contributed by atoms with Crippen molar-refractivity contribution in [3.63, 3.8) is 0 Å². The molecule has 78 heavy (non-hydrogen) atoms. The van der Waals surface area contributed by atoms with Crippen molar-refractivity contribution in [3.8, 4) is 0 Å². The number of carbonyl (C=O) groups is 3. The number of allylic oxidation sites excluding steroid dienone is 16. The fourth-order valence-corrected chi connectivity index (χ4v) is 9.36. The van der Waals surface area contributed by atoms with Crippen LogP contribution < -0.4 is 0 Å². The third kappa shape index (κ3) is 63.2. The maximum absolute atomic E-state index is 12.9. The second kappa shape index (κ2) is 65.8. The molecule has 0 aliphatic rings. The Morgan fingerprint density at radius 3 is 0.782 bits per heavy atom. The average Bonchev–Trinajstić information content (AvgIpc) is 3.44. The minimum absolute atomic E-state index is 0.0840. The molecule has 1 atom stereocenters. The minimum atomic E-state index is -0.790. The van der Waals surface area contributed by atoms with Crippen LogP contribution in [-0.4, -0.2) is 37.2 Å². The van der Waals surface area contributed by atoms with Gasteiger partial charge in [0.05, 0.1) is 0 Å². The molecule has 0 aliphatic carbocycles. The molecule has 0 N–H and O–H groups in total. The zero-order valence-electron chi connectivity index (χ0n) is 51.4. The van der Waals surface area contributed by atoms with Crippen molar-refractivity contribution in [1.29, 1.82) is 0 Å². The Hall–Kier alpha value is -3.67. The number of rotatable bonds is 60. The molecule has 0 fully saturated rings. The highest BCUT2D eigenvalue weighted by Crippen LogP contribution is 2.17. The van der Waals surface area contributed by atoms with E-state index in [1.54, 1.807) is 0 Å². The van der Waals surface area contributed by atoms with E-state index in [0.717, 1.165) is 116 Å². The zero-order chi connectivity index (χ0) is 56.4. The van der Waals surface area contributed by atoms with E-state index in [-0.39, 0.29) is 31.1 Å². The van der Waals surface area contributed by atoms with Crippen molar-refractivity contribution in [2.75, 3.05) is 13.2 Å². The first-order valence-electron chi connectivity index (χ1n) is 33.2. The third-order valence-electron chi connectivity index (χ3n) is 14.3. The van der Waals surface area contributed by atoms with Crippen LogP contribution in [0.4, 0.5) is 0 Å². The fraction of sp³-hybridized carbons (Fsp3) is 0.736. The van der Waals surface area contributed by atoms with Crippen LogP contribution >= 0.6 is 0 Å². The van der Waals surface area contributed by atoms with E-state index in [9.17, 15) is 14.4 Å². The number of hydrogen-bond acceptors (Lipinski definition) is 6. The smallest absolute Gasteiger partial charge is 0.306 e. The first-order valence-corrected chi connectivity index (χ1v) is 33.2. The Morgan fingerprint density at radius 2 is 0.500 bits per heavy atom. The second-order valence-corrected chi connectivity index (χ2v) is 22.0. The predicted molar refractivity (Wildman–Crippen MR) is 339 cm³/mol. The molecule has 0 saturated carbocycles. The largest absolute Gasteiger partial charge is 0.462 e.